The molecule has 1 aliphatic rings. The molecule has 0 spiro atoms. The van der Waals surface area contributed by atoms with Gasteiger partial charge in [0, 0.05) is 0 Å². The molecule has 0 amide bonds. The Morgan fingerprint density at radius 3 is 2.07 bits per heavy atom. The lowest BCUT2D eigenvalue weighted by molar-refractivity contribution is -0.291. The highest BCUT2D eigenvalue weighted by molar-refractivity contribution is 6.57. The van der Waals surface area contributed by atoms with Crippen molar-refractivity contribution in [2.45, 2.75) is 12.1 Å². The van der Waals surface area contributed by atoms with Gasteiger partial charge in [-0.3, -0.25) is 0 Å². The predicted octanol–water partition coefficient (Wildman–Crippen LogP) is 0.317. The van der Waals surface area contributed by atoms with E-state index in [0.717, 1.165) is 0 Å². The highest BCUT2D eigenvalue weighted by Crippen LogP contribution is 2.35. The number of alkyl halides is 5. The maximum atomic E-state index is 12.3. The lowest BCUT2D eigenvalue weighted by atomic mass is 10.1. The SMILES string of the molecule is FC(F)(F)C(F)(F)COB1O[B]O[B]O1. The van der Waals surface area contributed by atoms with Crippen molar-refractivity contribution in [2.75, 3.05) is 6.61 Å². The molecule has 15 heavy (non-hydrogen) atoms. The fourth-order valence-electron chi connectivity index (χ4n) is 0.543. The van der Waals surface area contributed by atoms with Gasteiger partial charge in [0.2, 0.25) is 0 Å². The lowest BCUT2D eigenvalue weighted by Gasteiger charge is -2.22. The quantitative estimate of drug-likeness (QED) is 0.516. The van der Waals surface area contributed by atoms with Crippen LogP contribution in [0.25, 0.3) is 0 Å². The molecule has 0 saturated carbocycles. The Balaban J connectivity index is 2.35. The average molecular weight is 229 g/mol. The van der Waals surface area contributed by atoms with E-state index in [1.165, 1.54) is 0 Å². The van der Waals surface area contributed by atoms with Crippen LogP contribution in [0.4, 0.5) is 22.0 Å². The number of rotatable bonds is 3. The summed E-state index contributed by atoms with van der Waals surface area (Å²) in [7, 11) is -0.341. The van der Waals surface area contributed by atoms with Gasteiger partial charge in [-0.25, -0.2) is 0 Å². The fourth-order valence-corrected chi connectivity index (χ4v) is 0.543. The fraction of sp³-hybridized carbons (Fsp3) is 1.00. The summed E-state index contributed by atoms with van der Waals surface area (Å²) in [5.74, 6) is -4.96. The Bertz CT molecular complexity index is 206. The summed E-state index contributed by atoms with van der Waals surface area (Å²) in [6.45, 7) is -1.90. The number of hydrogen-bond acceptors (Lipinski definition) is 4. The van der Waals surface area contributed by atoms with Crippen molar-refractivity contribution in [1.82, 2.24) is 0 Å². The van der Waals surface area contributed by atoms with E-state index in [-0.39, 0.29) is 0 Å². The molecule has 2 radical (unpaired) electrons. The van der Waals surface area contributed by atoms with Crippen LogP contribution in [0.1, 0.15) is 0 Å². The van der Waals surface area contributed by atoms with Gasteiger partial charge in [0.05, 0.1) is 0 Å². The number of halogens is 5. The molecule has 1 aliphatic heterocycles. The zero-order chi connectivity index (χ0) is 11.5. The van der Waals surface area contributed by atoms with E-state index in [9.17, 15) is 22.0 Å². The van der Waals surface area contributed by atoms with E-state index in [2.05, 4.69) is 18.4 Å². The van der Waals surface area contributed by atoms with Crippen LogP contribution in [-0.2, 0) is 18.4 Å². The van der Waals surface area contributed by atoms with Crippen LogP contribution in [0.15, 0.2) is 0 Å². The monoisotopic (exact) mass is 230 g/mol. The van der Waals surface area contributed by atoms with E-state index in [1.807, 2.05) is 0 Å². The van der Waals surface area contributed by atoms with Crippen LogP contribution in [0.2, 0.25) is 0 Å². The van der Waals surface area contributed by atoms with Crippen molar-refractivity contribution in [1.29, 1.82) is 0 Å². The van der Waals surface area contributed by atoms with E-state index in [4.69, 9.17) is 0 Å². The van der Waals surface area contributed by atoms with E-state index >= 15 is 0 Å². The van der Waals surface area contributed by atoms with Gasteiger partial charge in [-0.1, -0.05) is 0 Å². The molecule has 0 unspecified atom stereocenters. The smallest absolute Gasteiger partial charge is 0.457 e. The molecular weight excluding hydrogens is 227 g/mol. The molecular formula is C3H2B3F5O4. The molecule has 12 heteroatoms. The first-order chi connectivity index (χ1) is 6.83. The maximum Gasteiger partial charge on any atom is 0.611 e. The van der Waals surface area contributed by atoms with E-state index in [0.29, 0.717) is 15.4 Å². The van der Waals surface area contributed by atoms with Crippen molar-refractivity contribution in [3.63, 3.8) is 0 Å². The molecule has 1 saturated heterocycles. The summed E-state index contributed by atoms with van der Waals surface area (Å²) in [5, 5.41) is 0. The van der Waals surface area contributed by atoms with Crippen molar-refractivity contribution < 1.29 is 40.3 Å². The minimum absolute atomic E-state index is 0.667. The highest BCUT2D eigenvalue weighted by atomic mass is 19.4. The van der Waals surface area contributed by atoms with Crippen LogP contribution in [0, 0.1) is 0 Å². The van der Waals surface area contributed by atoms with Gasteiger partial charge in [0.1, 0.15) is 6.61 Å². The van der Waals surface area contributed by atoms with Crippen molar-refractivity contribution >= 4 is 22.7 Å². The topological polar surface area (TPSA) is 36.9 Å². The van der Waals surface area contributed by atoms with Crippen LogP contribution in [0.3, 0.4) is 0 Å². The molecule has 0 N–H and O–H groups in total. The van der Waals surface area contributed by atoms with Gasteiger partial charge in [0.15, 0.2) is 0 Å². The minimum Gasteiger partial charge on any atom is -0.457 e. The molecule has 1 heterocycles. The largest absolute Gasteiger partial charge is 0.611 e. The summed E-state index contributed by atoms with van der Waals surface area (Å²) in [5.41, 5.74) is 0. The molecule has 82 valence electrons. The van der Waals surface area contributed by atoms with Crippen LogP contribution >= 0.6 is 0 Å². The molecule has 1 rings (SSSR count). The molecule has 1 fully saturated rings. The Kier molecular flexibility index (Phi) is 3.98. The second kappa shape index (κ2) is 4.68. The Morgan fingerprint density at radius 2 is 1.60 bits per heavy atom. The zero-order valence-electron chi connectivity index (χ0n) is 6.96. The third kappa shape index (κ3) is 3.63. The highest BCUT2D eigenvalue weighted by Gasteiger charge is 2.58. The maximum absolute atomic E-state index is 12.3. The van der Waals surface area contributed by atoms with Gasteiger partial charge >= 0.3 is 34.8 Å². The standard InChI is InChI=1S/C3H2B3F5O4/c7-2(8,3(9,10)11)1-12-6-14-4-13-5-15-6/h1H2. The summed E-state index contributed by atoms with van der Waals surface area (Å²) in [6, 6.07) is 0. The van der Waals surface area contributed by atoms with Gasteiger partial charge < -0.3 is 18.4 Å². The molecule has 0 bridgehead atoms. The van der Waals surface area contributed by atoms with Crippen LogP contribution in [0.5, 0.6) is 0 Å². The normalized spacial score (nSPS) is 18.3. The Morgan fingerprint density at radius 1 is 1.07 bits per heavy atom. The molecule has 4 nitrogen and oxygen atoms in total. The second-order valence-corrected chi connectivity index (χ2v) is 2.40. The van der Waals surface area contributed by atoms with Gasteiger partial charge in [-0.15, -0.1) is 0 Å². The molecule has 0 atom stereocenters. The third-order valence-electron chi connectivity index (χ3n) is 1.26. The molecule has 0 aliphatic carbocycles. The summed E-state index contributed by atoms with van der Waals surface area (Å²) in [6.07, 6.45) is -5.68. The molecule has 0 aromatic rings. The van der Waals surface area contributed by atoms with Crippen molar-refractivity contribution in [3.05, 3.63) is 0 Å². The molecule has 0 aromatic carbocycles. The zero-order valence-corrected chi connectivity index (χ0v) is 6.96. The first kappa shape index (κ1) is 12.8. The second-order valence-electron chi connectivity index (χ2n) is 2.40. The Labute approximate surface area is 82.8 Å². The molecule has 0 aromatic heterocycles. The summed E-state index contributed by atoms with van der Waals surface area (Å²) < 4.78 is 76.2. The lowest BCUT2D eigenvalue weighted by Crippen LogP contribution is -2.45. The Hall–Kier alpha value is -0.315. The van der Waals surface area contributed by atoms with Crippen molar-refractivity contribution in [3.8, 4) is 0 Å². The summed E-state index contributed by atoms with van der Waals surface area (Å²) >= 11 is 0. The van der Waals surface area contributed by atoms with Gasteiger partial charge in [-0.05, 0) is 0 Å². The van der Waals surface area contributed by atoms with Gasteiger partial charge in [0.25, 0.3) is 0 Å². The van der Waals surface area contributed by atoms with E-state index < -0.39 is 26.0 Å². The predicted molar refractivity (Wildman–Crippen MR) is 37.5 cm³/mol. The number of hydrogen-bond donors (Lipinski definition) is 0. The first-order valence-electron chi connectivity index (χ1n) is 3.49. The minimum atomic E-state index is -5.68. The average Bonchev–Trinajstić information content (AvgIpc) is 2.15. The van der Waals surface area contributed by atoms with Crippen molar-refractivity contribution in [2.24, 2.45) is 0 Å². The summed E-state index contributed by atoms with van der Waals surface area (Å²) in [4.78, 5) is 0. The third-order valence-corrected chi connectivity index (χ3v) is 1.26. The van der Waals surface area contributed by atoms with Crippen LogP contribution in [-0.4, -0.2) is 41.4 Å². The van der Waals surface area contributed by atoms with Gasteiger partial charge in [-0.2, -0.15) is 22.0 Å². The van der Waals surface area contributed by atoms with E-state index in [1.54, 1.807) is 0 Å². The van der Waals surface area contributed by atoms with Crippen LogP contribution < -0.4 is 0 Å². The first-order valence-corrected chi connectivity index (χ1v) is 3.49.